The number of furan rings is 1. The monoisotopic (exact) mass is 410 g/mol. The van der Waals surface area contributed by atoms with Crippen LogP contribution in [0.2, 0.25) is 0 Å². The number of carbonyl (C=O) groups excluding carboxylic acids is 3. The molecule has 0 aliphatic rings. The third kappa shape index (κ3) is 5.10. The van der Waals surface area contributed by atoms with Crippen molar-refractivity contribution < 1.29 is 18.8 Å². The Balaban J connectivity index is 1.46. The Morgan fingerprint density at radius 2 is 1.90 bits per heavy atom. The summed E-state index contributed by atoms with van der Waals surface area (Å²) < 4.78 is 6.58. The number of nitrogens with zero attached hydrogens (tertiary/aromatic N) is 4. The van der Waals surface area contributed by atoms with Gasteiger partial charge in [0.1, 0.15) is 12.7 Å². The van der Waals surface area contributed by atoms with Crippen LogP contribution in [0.25, 0.3) is 5.69 Å². The Kier molecular flexibility index (Phi) is 6.58. The molecule has 1 atom stereocenters. The van der Waals surface area contributed by atoms with Crippen molar-refractivity contribution in [2.75, 3.05) is 20.1 Å². The molecule has 1 aromatic carbocycles. The summed E-state index contributed by atoms with van der Waals surface area (Å²) in [5, 5.41) is 9.00. The second kappa shape index (κ2) is 9.50. The normalized spacial score (nSPS) is 11.5. The molecule has 3 amide bonds. The molecule has 0 unspecified atom stereocenters. The maximum absolute atomic E-state index is 12.4. The Morgan fingerprint density at radius 1 is 1.13 bits per heavy atom. The van der Waals surface area contributed by atoms with Crippen molar-refractivity contribution in [1.82, 2.24) is 30.3 Å². The third-order valence-corrected chi connectivity index (χ3v) is 4.62. The summed E-state index contributed by atoms with van der Waals surface area (Å²) in [7, 11) is 1.67. The molecular formula is C20H22N6O4. The molecule has 30 heavy (non-hydrogen) atoms. The number of nitrogens with one attached hydrogen (secondary N) is 2. The number of aromatic nitrogens is 3. The molecule has 0 radical (unpaired) electrons. The number of likely N-dealkylation sites (N-methyl/N-ethyl adjacent to an activating group) is 1. The molecule has 0 bridgehead atoms. The van der Waals surface area contributed by atoms with Gasteiger partial charge in [-0.25, -0.2) is 9.67 Å². The van der Waals surface area contributed by atoms with E-state index in [1.807, 2.05) is 31.2 Å². The first kappa shape index (κ1) is 20.8. The van der Waals surface area contributed by atoms with Gasteiger partial charge in [0.05, 0.1) is 31.1 Å². The summed E-state index contributed by atoms with van der Waals surface area (Å²) in [6.45, 7) is 1.47. The predicted molar refractivity (Wildman–Crippen MR) is 107 cm³/mol. The first-order valence-corrected chi connectivity index (χ1v) is 9.24. The van der Waals surface area contributed by atoms with Crippen LogP contribution in [0.15, 0.2) is 59.7 Å². The van der Waals surface area contributed by atoms with Gasteiger partial charge in [-0.15, -0.1) is 0 Å². The van der Waals surface area contributed by atoms with Gasteiger partial charge in [0.2, 0.25) is 11.8 Å². The van der Waals surface area contributed by atoms with E-state index in [0.717, 1.165) is 11.3 Å². The summed E-state index contributed by atoms with van der Waals surface area (Å²) in [5.41, 5.74) is 1.80. The molecule has 0 saturated carbocycles. The fourth-order valence-corrected chi connectivity index (χ4v) is 2.70. The van der Waals surface area contributed by atoms with Crippen LogP contribution in [0.5, 0.6) is 0 Å². The Hall–Kier alpha value is -3.95. The van der Waals surface area contributed by atoms with E-state index in [-0.39, 0.29) is 30.8 Å². The highest BCUT2D eigenvalue weighted by Gasteiger charge is 2.18. The van der Waals surface area contributed by atoms with Crippen LogP contribution in [0.3, 0.4) is 0 Å². The summed E-state index contributed by atoms with van der Waals surface area (Å²) in [4.78, 5) is 41.5. The predicted octanol–water partition coefficient (Wildman–Crippen LogP) is 0.926. The maximum atomic E-state index is 12.4. The summed E-state index contributed by atoms with van der Waals surface area (Å²) >= 11 is 0. The van der Waals surface area contributed by atoms with Gasteiger partial charge in [-0.1, -0.05) is 12.1 Å². The van der Waals surface area contributed by atoms with Crippen LogP contribution < -0.4 is 10.6 Å². The molecule has 3 rings (SSSR count). The van der Waals surface area contributed by atoms with Gasteiger partial charge >= 0.3 is 0 Å². The standard InChI is InChI=1S/C20H22N6O4/c1-14(15-5-7-16(8-6-15)26-13-21-12-24-26)25(2)19(28)11-22-18(27)10-23-20(29)17-4-3-9-30-17/h3-9,12-14H,10-11H2,1-2H3,(H,22,27)(H,23,29)/t14-/m1/s1. The average Bonchev–Trinajstić information content (AvgIpc) is 3.49. The van der Waals surface area contributed by atoms with E-state index in [1.54, 1.807) is 29.0 Å². The lowest BCUT2D eigenvalue weighted by Gasteiger charge is -2.25. The van der Waals surface area contributed by atoms with Crippen molar-refractivity contribution in [1.29, 1.82) is 0 Å². The minimum atomic E-state index is -0.499. The van der Waals surface area contributed by atoms with Crippen molar-refractivity contribution in [3.63, 3.8) is 0 Å². The zero-order chi connectivity index (χ0) is 21.5. The van der Waals surface area contributed by atoms with Crippen molar-refractivity contribution in [2.45, 2.75) is 13.0 Å². The Labute approximate surface area is 172 Å². The van der Waals surface area contributed by atoms with Crippen LogP contribution in [0.4, 0.5) is 0 Å². The van der Waals surface area contributed by atoms with Gasteiger partial charge in [-0.05, 0) is 36.8 Å². The van der Waals surface area contributed by atoms with E-state index in [1.165, 1.54) is 18.7 Å². The summed E-state index contributed by atoms with van der Waals surface area (Å²) in [6.07, 6.45) is 4.43. The third-order valence-electron chi connectivity index (χ3n) is 4.62. The molecule has 10 nitrogen and oxygen atoms in total. The Bertz CT molecular complexity index is 983. The van der Waals surface area contributed by atoms with E-state index in [2.05, 4.69) is 20.7 Å². The second-order valence-corrected chi connectivity index (χ2v) is 6.55. The number of amides is 3. The van der Waals surface area contributed by atoms with Crippen molar-refractivity contribution in [2.24, 2.45) is 0 Å². The largest absolute Gasteiger partial charge is 0.459 e. The smallest absolute Gasteiger partial charge is 0.287 e. The van der Waals surface area contributed by atoms with E-state index >= 15 is 0 Å². The van der Waals surface area contributed by atoms with Crippen LogP contribution in [0.1, 0.15) is 29.1 Å². The minimum absolute atomic E-state index is 0.113. The zero-order valence-corrected chi connectivity index (χ0v) is 16.6. The first-order chi connectivity index (χ1) is 14.5. The van der Waals surface area contributed by atoms with E-state index in [4.69, 9.17) is 4.42 Å². The van der Waals surface area contributed by atoms with Gasteiger partial charge in [-0.2, -0.15) is 5.10 Å². The lowest BCUT2D eigenvalue weighted by atomic mass is 10.1. The number of hydrogen-bond donors (Lipinski definition) is 2. The van der Waals surface area contributed by atoms with Gasteiger partial charge in [0, 0.05) is 7.05 Å². The molecule has 2 heterocycles. The lowest BCUT2D eigenvalue weighted by molar-refractivity contribution is -0.133. The van der Waals surface area contributed by atoms with Crippen LogP contribution in [-0.2, 0) is 9.59 Å². The Morgan fingerprint density at radius 3 is 2.53 bits per heavy atom. The quantitative estimate of drug-likeness (QED) is 0.570. The topological polar surface area (TPSA) is 122 Å². The van der Waals surface area contributed by atoms with Gasteiger partial charge in [0.25, 0.3) is 5.91 Å². The molecule has 0 spiro atoms. The average molecular weight is 410 g/mol. The summed E-state index contributed by atoms with van der Waals surface area (Å²) in [6, 6.07) is 10.5. The number of carbonyl (C=O) groups is 3. The molecule has 0 saturated heterocycles. The number of rotatable bonds is 8. The lowest BCUT2D eigenvalue weighted by Crippen LogP contribution is -2.43. The van der Waals surface area contributed by atoms with Crippen LogP contribution in [-0.4, -0.2) is 57.5 Å². The molecule has 0 fully saturated rings. The minimum Gasteiger partial charge on any atom is -0.459 e. The highest BCUT2D eigenvalue weighted by atomic mass is 16.3. The molecule has 3 aromatic rings. The van der Waals surface area contributed by atoms with E-state index in [0.29, 0.717) is 0 Å². The van der Waals surface area contributed by atoms with Gasteiger partial charge in [-0.3, -0.25) is 14.4 Å². The van der Waals surface area contributed by atoms with E-state index in [9.17, 15) is 14.4 Å². The summed E-state index contributed by atoms with van der Waals surface area (Å²) in [5.74, 6) is -1.11. The molecule has 2 N–H and O–H groups in total. The number of hydrogen-bond acceptors (Lipinski definition) is 6. The zero-order valence-electron chi connectivity index (χ0n) is 16.6. The van der Waals surface area contributed by atoms with Crippen molar-refractivity contribution in [3.05, 3.63) is 66.6 Å². The SMILES string of the molecule is C[C@H](c1ccc(-n2cncn2)cc1)N(C)C(=O)CNC(=O)CNC(=O)c1ccco1. The highest BCUT2D eigenvalue weighted by molar-refractivity contribution is 5.94. The highest BCUT2D eigenvalue weighted by Crippen LogP contribution is 2.20. The fraction of sp³-hybridized carbons (Fsp3) is 0.250. The van der Waals surface area contributed by atoms with Gasteiger partial charge in [0.15, 0.2) is 5.76 Å². The van der Waals surface area contributed by atoms with Crippen molar-refractivity contribution in [3.8, 4) is 5.69 Å². The number of benzene rings is 1. The molecule has 10 heteroatoms. The molecule has 2 aromatic heterocycles. The second-order valence-electron chi connectivity index (χ2n) is 6.55. The van der Waals surface area contributed by atoms with Crippen LogP contribution >= 0.6 is 0 Å². The molecule has 0 aliphatic heterocycles. The van der Waals surface area contributed by atoms with Crippen molar-refractivity contribution >= 4 is 17.7 Å². The van der Waals surface area contributed by atoms with Crippen LogP contribution in [0, 0.1) is 0 Å². The van der Waals surface area contributed by atoms with E-state index < -0.39 is 11.8 Å². The molecule has 156 valence electrons. The van der Waals surface area contributed by atoms with Gasteiger partial charge < -0.3 is 20.0 Å². The maximum Gasteiger partial charge on any atom is 0.287 e. The molecule has 0 aliphatic carbocycles. The first-order valence-electron chi connectivity index (χ1n) is 9.24. The molecular weight excluding hydrogens is 388 g/mol. The fourth-order valence-electron chi connectivity index (χ4n) is 2.70.